The lowest BCUT2D eigenvalue weighted by molar-refractivity contribution is 0.0547. The first-order valence-corrected chi connectivity index (χ1v) is 10.2. The molecule has 0 saturated carbocycles. The van der Waals surface area contributed by atoms with Crippen LogP contribution in [0.2, 0.25) is 0 Å². The van der Waals surface area contributed by atoms with E-state index in [-0.39, 0.29) is 5.41 Å². The highest BCUT2D eigenvalue weighted by Gasteiger charge is 2.14. The Labute approximate surface area is 179 Å². The predicted octanol–water partition coefficient (Wildman–Crippen LogP) is 2.84. The minimum absolute atomic E-state index is 0.0936. The molecule has 30 heavy (non-hydrogen) atoms. The van der Waals surface area contributed by atoms with Crippen LogP contribution in [0.3, 0.4) is 0 Å². The van der Waals surface area contributed by atoms with Crippen molar-refractivity contribution in [3.8, 4) is 11.4 Å². The fourth-order valence-corrected chi connectivity index (χ4v) is 2.59. The van der Waals surface area contributed by atoms with Crippen LogP contribution in [0.5, 0.6) is 0 Å². The summed E-state index contributed by atoms with van der Waals surface area (Å²) in [4.78, 5) is 13.5. The highest BCUT2D eigenvalue weighted by molar-refractivity contribution is 5.59. The summed E-state index contributed by atoms with van der Waals surface area (Å²) in [7, 11) is 0. The van der Waals surface area contributed by atoms with Gasteiger partial charge in [0.25, 0.3) is 0 Å². The molecular formula is C22H34N6O2. The van der Waals surface area contributed by atoms with Gasteiger partial charge >= 0.3 is 0 Å². The number of hydrogen-bond donors (Lipinski definition) is 3. The zero-order valence-corrected chi connectivity index (χ0v) is 18.3. The summed E-state index contributed by atoms with van der Waals surface area (Å²) < 4.78 is 10.8. The lowest BCUT2D eigenvalue weighted by Crippen LogP contribution is -2.16. The number of nitrogens with zero attached hydrogens (tertiary/aromatic N) is 3. The molecule has 4 N–H and O–H groups in total. The predicted molar refractivity (Wildman–Crippen MR) is 122 cm³/mol. The summed E-state index contributed by atoms with van der Waals surface area (Å²) in [6.45, 7) is 14.1. The smallest absolute Gasteiger partial charge is 0.228 e. The minimum Gasteiger partial charge on any atom is -0.378 e. The van der Waals surface area contributed by atoms with Crippen LogP contribution in [0, 0.1) is 0 Å². The lowest BCUT2D eigenvalue weighted by atomic mass is 9.87. The van der Waals surface area contributed by atoms with Crippen molar-refractivity contribution in [1.82, 2.24) is 15.0 Å². The van der Waals surface area contributed by atoms with E-state index in [1.807, 2.05) is 12.1 Å². The Bertz CT molecular complexity index is 774. The van der Waals surface area contributed by atoms with Crippen LogP contribution in [0.25, 0.3) is 11.4 Å². The summed E-state index contributed by atoms with van der Waals surface area (Å²) in [6, 6.07) is 8.32. The van der Waals surface area contributed by atoms with Crippen molar-refractivity contribution < 1.29 is 9.47 Å². The number of hydrogen-bond acceptors (Lipinski definition) is 8. The van der Waals surface area contributed by atoms with Crippen molar-refractivity contribution in [1.29, 1.82) is 0 Å². The van der Waals surface area contributed by atoms with Gasteiger partial charge in [-0.3, -0.25) is 0 Å². The summed E-state index contributed by atoms with van der Waals surface area (Å²) in [5, 5.41) is 6.33. The molecule has 0 radical (unpaired) electrons. The lowest BCUT2D eigenvalue weighted by Gasteiger charge is -2.19. The number of nitrogens with one attached hydrogen (secondary N) is 2. The molecule has 0 amide bonds. The van der Waals surface area contributed by atoms with Gasteiger partial charge in [0.05, 0.1) is 26.4 Å². The normalized spacial score (nSPS) is 11.3. The third kappa shape index (κ3) is 8.06. The molecule has 0 fully saturated rings. The third-order valence-electron chi connectivity index (χ3n) is 4.21. The van der Waals surface area contributed by atoms with Crippen molar-refractivity contribution in [3.63, 3.8) is 0 Å². The standard InChI is InChI=1S/C22H34N6O2/c1-5-11-24-20-26-19(17-6-8-18(9-7-17)22(2,3)4)27-21(28-20)25-12-14-30-16-15-29-13-10-23/h5-9H,1,10-16,23H2,2-4H3,(H2,24,25,26,27,28). The van der Waals surface area contributed by atoms with Gasteiger partial charge in [0.15, 0.2) is 5.82 Å². The Morgan fingerprint density at radius 3 is 2.17 bits per heavy atom. The molecule has 1 aromatic heterocycles. The molecule has 0 unspecified atom stereocenters. The van der Waals surface area contributed by atoms with Gasteiger partial charge in [-0.25, -0.2) is 0 Å². The maximum absolute atomic E-state index is 5.53. The van der Waals surface area contributed by atoms with Gasteiger partial charge < -0.3 is 25.8 Å². The second kappa shape index (κ2) is 12.2. The van der Waals surface area contributed by atoms with E-state index >= 15 is 0 Å². The zero-order valence-electron chi connectivity index (χ0n) is 18.3. The van der Waals surface area contributed by atoms with Crippen LogP contribution in [-0.4, -0.2) is 61.0 Å². The molecule has 0 aliphatic carbocycles. The van der Waals surface area contributed by atoms with Crippen LogP contribution in [0.4, 0.5) is 11.9 Å². The Morgan fingerprint density at radius 2 is 1.57 bits per heavy atom. The molecule has 1 heterocycles. The molecule has 8 nitrogen and oxygen atoms in total. The monoisotopic (exact) mass is 414 g/mol. The second-order valence-electron chi connectivity index (χ2n) is 7.74. The van der Waals surface area contributed by atoms with Gasteiger partial charge in [-0.05, 0) is 11.0 Å². The average molecular weight is 415 g/mol. The Balaban J connectivity index is 2.03. The van der Waals surface area contributed by atoms with Crippen LogP contribution >= 0.6 is 0 Å². The van der Waals surface area contributed by atoms with Crippen LogP contribution < -0.4 is 16.4 Å². The third-order valence-corrected chi connectivity index (χ3v) is 4.21. The van der Waals surface area contributed by atoms with Crippen molar-refractivity contribution >= 4 is 11.9 Å². The number of ether oxygens (including phenoxy) is 2. The Kier molecular flexibility index (Phi) is 9.66. The molecule has 0 aliphatic heterocycles. The van der Waals surface area contributed by atoms with Crippen molar-refractivity contribution in [2.75, 3.05) is 56.7 Å². The van der Waals surface area contributed by atoms with E-state index in [1.165, 1.54) is 5.56 Å². The average Bonchev–Trinajstić information content (AvgIpc) is 2.73. The zero-order chi connectivity index (χ0) is 21.8. The van der Waals surface area contributed by atoms with Gasteiger partial charge in [-0.1, -0.05) is 51.1 Å². The van der Waals surface area contributed by atoms with Crippen molar-refractivity contribution in [2.45, 2.75) is 26.2 Å². The molecule has 0 bridgehead atoms. The molecule has 2 aromatic rings. The number of benzene rings is 1. The molecule has 0 spiro atoms. The molecule has 2 rings (SSSR count). The first-order valence-electron chi connectivity index (χ1n) is 10.2. The highest BCUT2D eigenvalue weighted by Crippen LogP contribution is 2.25. The Morgan fingerprint density at radius 1 is 0.933 bits per heavy atom. The van der Waals surface area contributed by atoms with Crippen LogP contribution in [-0.2, 0) is 14.9 Å². The molecule has 1 aromatic carbocycles. The largest absolute Gasteiger partial charge is 0.378 e. The minimum atomic E-state index is 0.0936. The van der Waals surface area contributed by atoms with Gasteiger partial charge in [-0.2, -0.15) is 15.0 Å². The number of aromatic nitrogens is 3. The molecular weight excluding hydrogens is 380 g/mol. The quantitative estimate of drug-likeness (QED) is 0.339. The van der Waals surface area contributed by atoms with Gasteiger partial charge in [0.1, 0.15) is 0 Å². The van der Waals surface area contributed by atoms with E-state index in [2.05, 4.69) is 65.1 Å². The van der Waals surface area contributed by atoms with Gasteiger partial charge in [0.2, 0.25) is 11.9 Å². The molecule has 0 aliphatic rings. The first kappa shape index (κ1) is 23.7. The molecule has 0 atom stereocenters. The van der Waals surface area contributed by atoms with E-state index in [4.69, 9.17) is 15.2 Å². The summed E-state index contributed by atoms with van der Waals surface area (Å²) >= 11 is 0. The second-order valence-corrected chi connectivity index (χ2v) is 7.74. The van der Waals surface area contributed by atoms with Crippen LogP contribution in [0.1, 0.15) is 26.3 Å². The van der Waals surface area contributed by atoms with Gasteiger partial charge in [0, 0.05) is 25.2 Å². The summed E-state index contributed by atoms with van der Waals surface area (Å²) in [5.41, 5.74) is 7.66. The van der Waals surface area contributed by atoms with Gasteiger partial charge in [-0.15, -0.1) is 6.58 Å². The molecule has 0 saturated heterocycles. The fourth-order valence-electron chi connectivity index (χ4n) is 2.59. The number of rotatable bonds is 13. The summed E-state index contributed by atoms with van der Waals surface area (Å²) in [5.74, 6) is 1.60. The van der Waals surface area contributed by atoms with Crippen molar-refractivity contribution in [3.05, 3.63) is 42.5 Å². The van der Waals surface area contributed by atoms with Crippen molar-refractivity contribution in [2.24, 2.45) is 5.73 Å². The van der Waals surface area contributed by atoms with E-state index in [9.17, 15) is 0 Å². The van der Waals surface area contributed by atoms with E-state index in [1.54, 1.807) is 6.08 Å². The number of nitrogens with two attached hydrogens (primary N) is 1. The summed E-state index contributed by atoms with van der Waals surface area (Å²) in [6.07, 6.45) is 1.76. The Hall–Kier alpha value is -2.55. The van der Waals surface area contributed by atoms with Crippen LogP contribution in [0.15, 0.2) is 36.9 Å². The number of anilines is 2. The SMILES string of the molecule is C=CCNc1nc(NCCOCCOCCN)nc(-c2ccc(C(C)(C)C)cc2)n1. The molecule has 164 valence electrons. The maximum atomic E-state index is 5.53. The fraction of sp³-hybridized carbons (Fsp3) is 0.500. The maximum Gasteiger partial charge on any atom is 0.228 e. The topological polar surface area (TPSA) is 107 Å². The van der Waals surface area contributed by atoms with E-state index < -0.39 is 0 Å². The first-order chi connectivity index (χ1) is 14.4. The molecule has 8 heteroatoms. The highest BCUT2D eigenvalue weighted by atomic mass is 16.5. The van der Waals surface area contributed by atoms with E-state index in [0.29, 0.717) is 63.8 Å². The van der Waals surface area contributed by atoms with E-state index in [0.717, 1.165) is 5.56 Å².